The Morgan fingerprint density at radius 1 is 0.362 bits per heavy atom. The van der Waals surface area contributed by atoms with E-state index in [0.717, 1.165) is 82.2 Å². The van der Waals surface area contributed by atoms with Crippen LogP contribution in [0, 0.1) is 71.0 Å². The molecule has 0 atom stereocenters. The Balaban J connectivity index is 0.857. The first-order valence-electron chi connectivity index (χ1n) is 33.5. The third kappa shape index (κ3) is 5.23. The van der Waals surface area contributed by atoms with Crippen molar-refractivity contribution in [2.24, 2.45) is 71.0 Å². The standard InChI is InChI=1S/C76H75BN2O/c1-2-4-67-56(3-1)63-27-59-62-24-54(75-34-46-15-47(35-75)17-48(16-46)36-75)23-60-58-22-53(74-31-43-12-44(32-74)14-45(13-43)33-74)6-8-66(58)79(69(60)62)77-64-26-55(76-37-49-18-50(38-76)20-51(19-49)39-76)25-61-57-21-52(73-28-40-9-41(29-73)11-42(10-40)30-73)5-7-65(57)78(70(61)64)71(68(59)77)72(63)80-67/h1-8,21-27,40-51H,9-20,28-39H2. The van der Waals surface area contributed by atoms with E-state index < -0.39 is 0 Å². The SMILES string of the molecule is c1ccc2c(c1)oc1c3c4c(cc12)-c1cc(C25CC6CC(CC(C6)C2)C5)cc2c5cc(C67CC8CC(CC(C8)C6)C7)ccc5n(c12)B4c1cc(C24CC5CC(CC(C5)C2)C4)cc2c4cc(C56CC7CC(CC(C7)C5)C6)ccc4n-3c12. The number of benzene rings is 6. The Labute approximate surface area is 471 Å². The highest BCUT2D eigenvalue weighted by Gasteiger charge is 2.57. The molecule has 80 heavy (non-hydrogen) atoms. The first-order valence-corrected chi connectivity index (χ1v) is 33.5. The molecule has 6 aromatic carbocycles. The van der Waals surface area contributed by atoms with E-state index in [1.165, 1.54) is 220 Å². The molecule has 0 radical (unpaired) electrons. The van der Waals surface area contributed by atoms with Gasteiger partial charge in [-0.25, -0.2) is 0 Å². The fraction of sp³-hybridized carbons (Fsp3) is 0.526. The van der Waals surface area contributed by atoms with Crippen molar-refractivity contribution in [2.75, 3.05) is 0 Å². The maximum absolute atomic E-state index is 7.49. The molecule has 0 N–H and O–H groups in total. The predicted molar refractivity (Wildman–Crippen MR) is 326 cm³/mol. The van der Waals surface area contributed by atoms with Crippen LogP contribution >= 0.6 is 0 Å². The molecule has 0 amide bonds. The minimum atomic E-state index is 0.0386. The van der Waals surface area contributed by atoms with Gasteiger partial charge < -0.3 is 13.5 Å². The summed E-state index contributed by atoms with van der Waals surface area (Å²) in [5.74, 6) is 10.9. The average molecular weight is 1040 g/mol. The van der Waals surface area contributed by atoms with Crippen molar-refractivity contribution >= 4 is 83.3 Å². The summed E-state index contributed by atoms with van der Waals surface area (Å²) in [6.07, 6.45) is 34.7. The van der Waals surface area contributed by atoms with Gasteiger partial charge in [0.05, 0.1) is 16.7 Å². The average Bonchev–Trinajstić information content (AvgIpc) is 4.23. The van der Waals surface area contributed by atoms with E-state index in [1.807, 2.05) is 0 Å². The van der Waals surface area contributed by atoms with Crippen molar-refractivity contribution in [3.8, 4) is 16.8 Å². The molecule has 16 fully saturated rings. The lowest BCUT2D eigenvalue weighted by atomic mass is 9.44. The number of aromatic nitrogens is 2. The van der Waals surface area contributed by atoms with Crippen molar-refractivity contribution < 1.29 is 4.42 Å². The first-order chi connectivity index (χ1) is 39.2. The largest absolute Gasteiger partial charge is 0.454 e. The molecule has 18 aliphatic rings. The molecule has 0 spiro atoms. The number of para-hydroxylation sites is 1. The molecular weight excluding hydrogens is 968 g/mol. The summed E-state index contributed by atoms with van der Waals surface area (Å²) < 4.78 is 13.3. The molecule has 16 saturated carbocycles. The maximum Gasteiger partial charge on any atom is 0.333 e. The number of hydrogen-bond donors (Lipinski definition) is 0. The molecular formula is C76H75BN2O. The lowest BCUT2D eigenvalue weighted by molar-refractivity contribution is -0.00527. The van der Waals surface area contributed by atoms with Crippen molar-refractivity contribution in [3.05, 3.63) is 113 Å². The second kappa shape index (κ2) is 14.1. The Bertz CT molecular complexity index is 4240. The van der Waals surface area contributed by atoms with E-state index in [0.29, 0.717) is 10.8 Å². The van der Waals surface area contributed by atoms with E-state index in [4.69, 9.17) is 4.42 Å². The van der Waals surface area contributed by atoms with Gasteiger partial charge in [-0.05, 0) is 340 Å². The van der Waals surface area contributed by atoms with Crippen LogP contribution in [0.2, 0.25) is 0 Å². The van der Waals surface area contributed by atoms with Gasteiger partial charge in [0.25, 0.3) is 0 Å². The van der Waals surface area contributed by atoms with Gasteiger partial charge >= 0.3 is 6.85 Å². The van der Waals surface area contributed by atoms with E-state index in [1.54, 1.807) is 38.5 Å². The van der Waals surface area contributed by atoms with E-state index in [-0.39, 0.29) is 17.7 Å². The Hall–Kier alpha value is -5.22. The number of furan rings is 1. The minimum Gasteiger partial charge on any atom is -0.454 e. The van der Waals surface area contributed by atoms with Gasteiger partial charge in [-0.15, -0.1) is 0 Å². The molecule has 27 rings (SSSR count). The van der Waals surface area contributed by atoms with Gasteiger partial charge in [-0.1, -0.05) is 36.4 Å². The molecule has 398 valence electrons. The van der Waals surface area contributed by atoms with Gasteiger partial charge in [0, 0.05) is 48.9 Å². The summed E-state index contributed by atoms with van der Waals surface area (Å²) >= 11 is 0. The van der Waals surface area contributed by atoms with Crippen LogP contribution in [0.25, 0.3) is 82.4 Å². The lowest BCUT2D eigenvalue weighted by Gasteiger charge is -2.57. The van der Waals surface area contributed by atoms with Gasteiger partial charge in [0.1, 0.15) is 5.58 Å². The smallest absolute Gasteiger partial charge is 0.333 e. The highest BCUT2D eigenvalue weighted by Crippen LogP contribution is 2.66. The summed E-state index contributed by atoms with van der Waals surface area (Å²) in [6, 6.07) is 39.7. The van der Waals surface area contributed by atoms with Crippen LogP contribution in [-0.2, 0) is 21.7 Å². The Morgan fingerprint density at radius 2 is 0.787 bits per heavy atom. The zero-order chi connectivity index (χ0) is 51.1. The van der Waals surface area contributed by atoms with Crippen molar-refractivity contribution in [2.45, 2.75) is 176 Å². The highest BCUT2D eigenvalue weighted by molar-refractivity contribution is 6.90. The van der Waals surface area contributed by atoms with Crippen LogP contribution in [0.5, 0.6) is 0 Å². The first kappa shape index (κ1) is 43.5. The van der Waals surface area contributed by atoms with Crippen LogP contribution in [0.1, 0.15) is 176 Å². The van der Waals surface area contributed by atoms with E-state index in [9.17, 15) is 0 Å². The summed E-state index contributed by atoms with van der Waals surface area (Å²) in [6.45, 7) is 0.0386. The molecule has 3 aromatic heterocycles. The second-order valence-electron chi connectivity index (χ2n) is 32.9. The molecule has 0 unspecified atom stereocenters. The van der Waals surface area contributed by atoms with Crippen LogP contribution in [0.3, 0.4) is 0 Å². The molecule has 5 heterocycles. The zero-order valence-corrected chi connectivity index (χ0v) is 46.9. The van der Waals surface area contributed by atoms with E-state index >= 15 is 0 Å². The summed E-state index contributed by atoms with van der Waals surface area (Å²) in [5.41, 5.74) is 23.4. The topological polar surface area (TPSA) is 23.0 Å². The molecule has 16 aliphatic carbocycles. The predicted octanol–water partition coefficient (Wildman–Crippen LogP) is 17.6. The summed E-state index contributed by atoms with van der Waals surface area (Å²) in [7, 11) is 0. The zero-order valence-electron chi connectivity index (χ0n) is 46.9. The van der Waals surface area contributed by atoms with Gasteiger partial charge in [0.2, 0.25) is 0 Å². The third-order valence-corrected chi connectivity index (χ3v) is 28.4. The van der Waals surface area contributed by atoms with Crippen molar-refractivity contribution in [3.63, 3.8) is 0 Å². The maximum atomic E-state index is 7.49. The molecule has 9 aromatic rings. The number of hydrogen-bond acceptors (Lipinski definition) is 1. The third-order valence-electron chi connectivity index (χ3n) is 28.4. The Kier molecular flexibility index (Phi) is 7.63. The Morgan fingerprint density at radius 3 is 1.30 bits per heavy atom. The van der Waals surface area contributed by atoms with Crippen LogP contribution in [0.15, 0.2) is 95.4 Å². The number of fused-ring (bicyclic) bond motifs is 14. The lowest BCUT2D eigenvalue weighted by Crippen LogP contribution is -2.56. The number of nitrogens with zero attached hydrogens (tertiary/aromatic N) is 2. The minimum absolute atomic E-state index is 0.0386. The van der Waals surface area contributed by atoms with E-state index in [2.05, 4.69) is 100 Å². The molecule has 4 heteroatoms. The fourth-order valence-electron chi connectivity index (χ4n) is 27.4. The molecule has 3 nitrogen and oxygen atoms in total. The second-order valence-corrected chi connectivity index (χ2v) is 32.9. The van der Waals surface area contributed by atoms with Crippen molar-refractivity contribution in [1.82, 2.24) is 9.05 Å². The van der Waals surface area contributed by atoms with Crippen LogP contribution < -0.4 is 10.9 Å². The molecule has 0 saturated heterocycles. The van der Waals surface area contributed by atoms with Crippen LogP contribution in [0.4, 0.5) is 0 Å². The normalized spacial score (nSPS) is 40.2. The number of rotatable bonds is 4. The highest BCUT2D eigenvalue weighted by atomic mass is 16.3. The molecule has 2 aliphatic heterocycles. The van der Waals surface area contributed by atoms with Crippen LogP contribution in [-0.4, -0.2) is 15.9 Å². The molecule has 16 bridgehead atoms. The summed E-state index contributed by atoms with van der Waals surface area (Å²) in [4.78, 5) is 0. The van der Waals surface area contributed by atoms with Gasteiger partial charge in [-0.2, -0.15) is 0 Å². The monoisotopic (exact) mass is 1040 g/mol. The van der Waals surface area contributed by atoms with Crippen molar-refractivity contribution in [1.29, 1.82) is 0 Å². The fourth-order valence-corrected chi connectivity index (χ4v) is 27.4. The quantitative estimate of drug-likeness (QED) is 0.161. The van der Waals surface area contributed by atoms with Gasteiger partial charge in [-0.3, -0.25) is 0 Å². The summed E-state index contributed by atoms with van der Waals surface area (Å²) in [5, 5.41) is 8.74. The van der Waals surface area contributed by atoms with Gasteiger partial charge in [0.15, 0.2) is 5.58 Å².